The van der Waals surface area contributed by atoms with Crippen LogP contribution in [0.2, 0.25) is 0 Å². The van der Waals surface area contributed by atoms with Crippen molar-refractivity contribution < 1.29 is 23.1 Å². The summed E-state index contributed by atoms with van der Waals surface area (Å²) in [7, 11) is 0. The molecule has 0 spiro atoms. The molecule has 0 saturated carbocycles. The third-order valence-corrected chi connectivity index (χ3v) is 3.50. The molecule has 1 aromatic carbocycles. The monoisotopic (exact) mass is 363 g/mol. The third-order valence-electron chi connectivity index (χ3n) is 3.50. The zero-order chi connectivity index (χ0) is 16.8. The van der Waals surface area contributed by atoms with Gasteiger partial charge in [-0.25, -0.2) is 8.78 Å². The summed E-state index contributed by atoms with van der Waals surface area (Å²) in [6.07, 6.45) is -0.245. The number of ether oxygens (including phenoxy) is 1. The highest BCUT2D eigenvalue weighted by Gasteiger charge is 2.27. The molecule has 6 nitrogen and oxygen atoms in total. The van der Waals surface area contributed by atoms with Gasteiger partial charge in [0.15, 0.2) is 0 Å². The number of halogens is 3. The van der Waals surface area contributed by atoms with Gasteiger partial charge in [-0.3, -0.25) is 9.59 Å². The van der Waals surface area contributed by atoms with Crippen molar-refractivity contribution in [2.45, 2.75) is 19.1 Å². The number of nitrogens with one attached hydrogen (secondary N) is 3. The van der Waals surface area contributed by atoms with E-state index in [-0.39, 0.29) is 37.5 Å². The molecule has 134 valence electrons. The first-order valence-corrected chi connectivity index (χ1v) is 7.35. The summed E-state index contributed by atoms with van der Waals surface area (Å²) >= 11 is 0. The summed E-state index contributed by atoms with van der Waals surface area (Å²) in [4.78, 5) is 23.7. The highest BCUT2D eigenvalue weighted by molar-refractivity contribution is 5.94. The second-order valence-corrected chi connectivity index (χ2v) is 5.15. The van der Waals surface area contributed by atoms with Crippen molar-refractivity contribution >= 4 is 24.2 Å². The van der Waals surface area contributed by atoms with E-state index in [1.165, 1.54) is 6.07 Å². The summed E-state index contributed by atoms with van der Waals surface area (Å²) < 4.78 is 32.2. The van der Waals surface area contributed by atoms with E-state index in [0.717, 1.165) is 12.1 Å². The Hall–Kier alpha value is -1.77. The number of hydrogen-bond donors (Lipinski definition) is 3. The van der Waals surface area contributed by atoms with Crippen LogP contribution in [-0.4, -0.2) is 50.2 Å². The first kappa shape index (κ1) is 20.3. The van der Waals surface area contributed by atoms with Gasteiger partial charge in [0.05, 0.1) is 12.7 Å². The molecule has 1 saturated heterocycles. The van der Waals surface area contributed by atoms with E-state index in [1.807, 2.05) is 0 Å². The van der Waals surface area contributed by atoms with Gasteiger partial charge in [-0.05, 0) is 19.1 Å². The Kier molecular flexibility index (Phi) is 8.03. The number of carbonyl (C=O) groups excluding carboxylic acids is 2. The number of hydrogen-bond acceptors (Lipinski definition) is 4. The Balaban J connectivity index is 0.00000288. The van der Waals surface area contributed by atoms with Crippen LogP contribution < -0.4 is 16.0 Å². The highest BCUT2D eigenvalue weighted by atomic mass is 35.5. The number of morpholine rings is 1. The average molecular weight is 364 g/mol. The van der Waals surface area contributed by atoms with Crippen molar-refractivity contribution in [1.82, 2.24) is 16.0 Å². The maximum absolute atomic E-state index is 13.4. The minimum atomic E-state index is -0.927. The van der Waals surface area contributed by atoms with Crippen molar-refractivity contribution in [2.24, 2.45) is 0 Å². The second kappa shape index (κ2) is 9.51. The number of amides is 2. The van der Waals surface area contributed by atoms with Crippen LogP contribution >= 0.6 is 12.4 Å². The van der Waals surface area contributed by atoms with E-state index in [0.29, 0.717) is 13.2 Å². The molecule has 1 aliphatic rings. The van der Waals surface area contributed by atoms with Crippen LogP contribution in [0.5, 0.6) is 0 Å². The average Bonchev–Trinajstić information content (AvgIpc) is 2.51. The van der Waals surface area contributed by atoms with Gasteiger partial charge in [0.2, 0.25) is 5.91 Å². The molecular weight excluding hydrogens is 344 g/mol. The van der Waals surface area contributed by atoms with E-state index in [9.17, 15) is 18.4 Å². The lowest BCUT2D eigenvalue weighted by molar-refractivity contribution is -0.128. The Morgan fingerprint density at radius 2 is 1.88 bits per heavy atom. The van der Waals surface area contributed by atoms with Gasteiger partial charge in [0.1, 0.15) is 23.2 Å². The first-order chi connectivity index (χ1) is 11.0. The van der Waals surface area contributed by atoms with Gasteiger partial charge >= 0.3 is 0 Å². The lowest BCUT2D eigenvalue weighted by Gasteiger charge is -2.29. The lowest BCUT2D eigenvalue weighted by atomic mass is 10.1. The predicted molar refractivity (Wildman–Crippen MR) is 86.2 cm³/mol. The van der Waals surface area contributed by atoms with Crippen LogP contribution in [0.25, 0.3) is 0 Å². The van der Waals surface area contributed by atoms with Crippen LogP contribution in [0, 0.1) is 11.6 Å². The van der Waals surface area contributed by atoms with Crippen LogP contribution in [-0.2, 0) is 9.53 Å². The molecule has 1 fully saturated rings. The smallest absolute Gasteiger partial charge is 0.257 e. The van der Waals surface area contributed by atoms with Crippen molar-refractivity contribution in [3.8, 4) is 0 Å². The van der Waals surface area contributed by atoms with Crippen LogP contribution in [0.4, 0.5) is 8.78 Å². The van der Waals surface area contributed by atoms with Crippen molar-refractivity contribution in [1.29, 1.82) is 0 Å². The van der Waals surface area contributed by atoms with Crippen LogP contribution in [0.15, 0.2) is 18.2 Å². The van der Waals surface area contributed by atoms with Gasteiger partial charge in [0.25, 0.3) is 5.91 Å². The van der Waals surface area contributed by atoms with Crippen molar-refractivity contribution in [2.75, 3.05) is 26.2 Å². The fourth-order valence-electron chi connectivity index (χ4n) is 2.30. The number of rotatable bonds is 5. The first-order valence-electron chi connectivity index (χ1n) is 7.35. The molecular formula is C15H20ClF2N3O3. The van der Waals surface area contributed by atoms with Crippen molar-refractivity contribution in [3.05, 3.63) is 35.4 Å². The van der Waals surface area contributed by atoms with Gasteiger partial charge in [-0.2, -0.15) is 0 Å². The van der Waals surface area contributed by atoms with E-state index in [1.54, 1.807) is 6.92 Å². The lowest BCUT2D eigenvalue weighted by Crippen LogP contribution is -2.56. The molecule has 0 radical (unpaired) electrons. The Morgan fingerprint density at radius 3 is 2.50 bits per heavy atom. The van der Waals surface area contributed by atoms with Gasteiger partial charge in [-0.15, -0.1) is 12.4 Å². The van der Waals surface area contributed by atoms with Gasteiger partial charge < -0.3 is 20.7 Å². The Bertz CT molecular complexity index is 569. The van der Waals surface area contributed by atoms with Crippen LogP contribution in [0.1, 0.15) is 17.3 Å². The van der Waals surface area contributed by atoms with Gasteiger partial charge in [0, 0.05) is 19.6 Å². The van der Waals surface area contributed by atoms with Gasteiger partial charge in [-0.1, -0.05) is 6.07 Å². The predicted octanol–water partition coefficient (Wildman–Crippen LogP) is 0.609. The zero-order valence-corrected chi connectivity index (χ0v) is 13.9. The minimum Gasteiger partial charge on any atom is -0.375 e. The second-order valence-electron chi connectivity index (χ2n) is 5.15. The van der Waals surface area contributed by atoms with Crippen LogP contribution in [0.3, 0.4) is 0 Å². The largest absolute Gasteiger partial charge is 0.375 e. The van der Waals surface area contributed by atoms with E-state index >= 15 is 0 Å². The molecule has 1 heterocycles. The maximum atomic E-state index is 13.4. The number of carbonyl (C=O) groups is 2. The Labute approximate surface area is 144 Å². The maximum Gasteiger partial charge on any atom is 0.257 e. The van der Waals surface area contributed by atoms with E-state index in [2.05, 4.69) is 16.0 Å². The topological polar surface area (TPSA) is 79.5 Å². The zero-order valence-electron chi connectivity index (χ0n) is 13.1. The fraction of sp³-hybridized carbons (Fsp3) is 0.467. The molecule has 2 atom stereocenters. The summed E-state index contributed by atoms with van der Waals surface area (Å²) in [6, 6.07) is 2.75. The summed E-state index contributed by atoms with van der Waals surface area (Å²) in [5.74, 6) is -2.96. The minimum absolute atomic E-state index is 0. The molecule has 24 heavy (non-hydrogen) atoms. The molecule has 0 aromatic heterocycles. The number of benzene rings is 1. The molecule has 1 aliphatic heterocycles. The van der Waals surface area contributed by atoms with E-state index < -0.39 is 29.1 Å². The Morgan fingerprint density at radius 1 is 1.25 bits per heavy atom. The molecule has 2 amide bonds. The molecule has 0 unspecified atom stereocenters. The van der Waals surface area contributed by atoms with Crippen molar-refractivity contribution in [3.63, 3.8) is 0 Å². The third kappa shape index (κ3) is 5.12. The molecule has 2 rings (SSSR count). The quantitative estimate of drug-likeness (QED) is 0.670. The standard InChI is InChI=1S/C15H19F2N3O3.ClH/c1-9-13(18-7-8-23-9)15(22)20-6-5-19-14(21)12-10(16)3-2-4-11(12)17;/h2-4,9,13,18H,5-8H2,1H3,(H,19,21)(H,20,22);1H/t9-,13+;/m1./s1. The molecule has 9 heteroatoms. The summed E-state index contributed by atoms with van der Waals surface area (Å²) in [5.41, 5.74) is -0.630. The molecule has 3 N–H and O–H groups in total. The van der Waals surface area contributed by atoms with E-state index in [4.69, 9.17) is 4.74 Å². The SMILES string of the molecule is C[C@H]1OCCN[C@@H]1C(=O)NCCNC(=O)c1c(F)cccc1F.Cl. The fourth-order valence-corrected chi connectivity index (χ4v) is 2.30. The normalized spacial score (nSPS) is 20.0. The summed E-state index contributed by atoms with van der Waals surface area (Å²) in [5, 5.41) is 8.04. The molecule has 0 aliphatic carbocycles. The highest BCUT2D eigenvalue weighted by Crippen LogP contribution is 2.11. The summed E-state index contributed by atoms with van der Waals surface area (Å²) in [6.45, 7) is 3.13. The molecule has 0 bridgehead atoms. The molecule has 1 aromatic rings.